The fraction of sp³-hybridized carbons (Fsp3) is 0.167. The van der Waals surface area contributed by atoms with Crippen molar-refractivity contribution in [2.75, 3.05) is 0 Å². The number of aromatic amines is 1. The zero-order valence-corrected chi connectivity index (χ0v) is 16.1. The lowest BCUT2D eigenvalue weighted by Crippen LogP contribution is -2.20. The maximum absolute atomic E-state index is 14.9. The van der Waals surface area contributed by atoms with Crippen LogP contribution < -0.4 is 5.32 Å². The average molecular weight is 397 g/mol. The molecule has 1 atom stereocenters. The van der Waals surface area contributed by atoms with E-state index in [4.69, 9.17) is 0 Å². The van der Waals surface area contributed by atoms with Gasteiger partial charge in [-0.05, 0) is 37.5 Å². The highest BCUT2D eigenvalue weighted by Gasteiger charge is 2.37. The van der Waals surface area contributed by atoms with Gasteiger partial charge in [-0.1, -0.05) is 24.3 Å². The lowest BCUT2D eigenvalue weighted by atomic mass is 9.96. The standard InChI is InChI=1S/C24H16FN3O2/c1-10-8-9-11-4-2-5-12-15-18-19(24(30)27-23(18)29)17-16-13(25)6-3-7-14(16)26-20(17)22(15)28(10)21(11)12/h2-7,10,26H,8-9H2,1H3,(H,27,29,30). The molecule has 2 aliphatic heterocycles. The fourth-order valence-corrected chi connectivity index (χ4v) is 5.64. The monoisotopic (exact) mass is 397 g/mol. The molecular weight excluding hydrogens is 381 g/mol. The predicted molar refractivity (Wildman–Crippen MR) is 114 cm³/mol. The number of carbonyl (C=O) groups excluding carboxylic acids is 2. The number of benzene rings is 3. The number of hydrogen-bond donors (Lipinski definition) is 2. The Hall–Kier alpha value is -3.67. The molecule has 6 heteroatoms. The minimum atomic E-state index is -0.467. The van der Waals surface area contributed by atoms with Crippen LogP contribution >= 0.6 is 0 Å². The van der Waals surface area contributed by atoms with E-state index in [0.29, 0.717) is 27.4 Å². The van der Waals surface area contributed by atoms with Gasteiger partial charge in [0.2, 0.25) is 0 Å². The maximum atomic E-state index is 14.9. The van der Waals surface area contributed by atoms with E-state index in [2.05, 4.69) is 27.9 Å². The Morgan fingerprint density at radius 1 is 0.967 bits per heavy atom. The van der Waals surface area contributed by atoms with Crippen molar-refractivity contribution in [2.45, 2.75) is 25.8 Å². The lowest BCUT2D eigenvalue weighted by molar-refractivity contribution is 0.0880. The molecule has 4 heterocycles. The molecule has 2 N–H and O–H groups in total. The number of hydrogen-bond acceptors (Lipinski definition) is 2. The number of rotatable bonds is 0. The molecule has 5 nitrogen and oxygen atoms in total. The zero-order chi connectivity index (χ0) is 20.3. The number of halogens is 1. The Kier molecular flexibility index (Phi) is 2.74. The van der Waals surface area contributed by atoms with E-state index in [1.165, 1.54) is 11.6 Å². The number of carbonyl (C=O) groups is 2. The third kappa shape index (κ3) is 1.66. The van der Waals surface area contributed by atoms with Gasteiger partial charge in [-0.3, -0.25) is 14.9 Å². The Labute approximate surface area is 169 Å². The molecule has 7 rings (SSSR count). The second kappa shape index (κ2) is 5.08. The molecule has 0 radical (unpaired) electrons. The number of aromatic nitrogens is 2. The summed E-state index contributed by atoms with van der Waals surface area (Å²) in [6.45, 7) is 2.17. The van der Waals surface area contributed by atoms with Gasteiger partial charge in [0.1, 0.15) is 5.82 Å². The number of nitrogens with zero attached hydrogens (tertiary/aromatic N) is 1. The number of H-pyrrole nitrogens is 1. The third-order valence-corrected chi connectivity index (χ3v) is 6.82. The molecule has 5 aromatic rings. The van der Waals surface area contributed by atoms with Crippen molar-refractivity contribution in [1.29, 1.82) is 0 Å². The van der Waals surface area contributed by atoms with E-state index >= 15 is 0 Å². The van der Waals surface area contributed by atoms with Crippen LogP contribution in [0.5, 0.6) is 0 Å². The topological polar surface area (TPSA) is 66.9 Å². The second-order valence-corrected chi connectivity index (χ2v) is 8.37. The van der Waals surface area contributed by atoms with Crippen LogP contribution in [-0.2, 0) is 6.42 Å². The van der Waals surface area contributed by atoms with Crippen molar-refractivity contribution in [3.63, 3.8) is 0 Å². The Morgan fingerprint density at radius 3 is 2.57 bits per heavy atom. The van der Waals surface area contributed by atoms with Crippen molar-refractivity contribution >= 4 is 55.4 Å². The van der Waals surface area contributed by atoms with Gasteiger partial charge in [0.15, 0.2) is 0 Å². The quantitative estimate of drug-likeness (QED) is 0.363. The van der Waals surface area contributed by atoms with Crippen molar-refractivity contribution in [3.05, 3.63) is 58.9 Å². The summed E-state index contributed by atoms with van der Waals surface area (Å²) in [7, 11) is 0. The largest absolute Gasteiger partial charge is 0.353 e. The highest BCUT2D eigenvalue weighted by atomic mass is 19.1. The molecule has 1 unspecified atom stereocenters. The van der Waals surface area contributed by atoms with Crippen molar-refractivity contribution < 1.29 is 14.0 Å². The lowest BCUT2D eigenvalue weighted by Gasteiger charge is -2.23. The fourth-order valence-electron chi connectivity index (χ4n) is 5.64. The molecular formula is C24H16FN3O2. The predicted octanol–water partition coefficient (Wildman–Crippen LogP) is 4.96. The van der Waals surface area contributed by atoms with Crippen LogP contribution in [0.3, 0.4) is 0 Å². The van der Waals surface area contributed by atoms with Crippen LogP contribution in [0.15, 0.2) is 36.4 Å². The van der Waals surface area contributed by atoms with E-state index in [-0.39, 0.29) is 11.6 Å². The van der Waals surface area contributed by atoms with Gasteiger partial charge in [0.05, 0.1) is 27.7 Å². The SMILES string of the molecule is CC1CCc2cccc3c4c5c(c6c([nH]c7cccc(F)c76)c4n1c23)C(=O)NC5=O. The van der Waals surface area contributed by atoms with E-state index in [0.717, 1.165) is 34.6 Å². The summed E-state index contributed by atoms with van der Waals surface area (Å²) >= 11 is 0. The molecule has 30 heavy (non-hydrogen) atoms. The van der Waals surface area contributed by atoms with Crippen LogP contribution in [0.4, 0.5) is 4.39 Å². The van der Waals surface area contributed by atoms with Crippen molar-refractivity contribution in [3.8, 4) is 0 Å². The first-order valence-electron chi connectivity index (χ1n) is 10.1. The Balaban J connectivity index is 1.91. The number of aryl methyl sites for hydroxylation is 1. The highest BCUT2D eigenvalue weighted by molar-refractivity contribution is 6.39. The van der Waals surface area contributed by atoms with Crippen LogP contribution in [0, 0.1) is 5.82 Å². The number of fused-ring (bicyclic) bond motifs is 10. The van der Waals surface area contributed by atoms with E-state index in [1.807, 2.05) is 12.1 Å². The summed E-state index contributed by atoms with van der Waals surface area (Å²) in [6.07, 6.45) is 1.95. The number of nitrogens with one attached hydrogen (secondary N) is 2. The third-order valence-electron chi connectivity index (χ3n) is 6.82. The molecule has 2 aliphatic rings. The van der Waals surface area contributed by atoms with Gasteiger partial charge in [-0.15, -0.1) is 0 Å². The minimum absolute atomic E-state index is 0.220. The smallest absolute Gasteiger partial charge is 0.259 e. The van der Waals surface area contributed by atoms with Crippen LogP contribution in [0.25, 0.3) is 43.6 Å². The van der Waals surface area contributed by atoms with E-state index < -0.39 is 17.6 Å². The summed E-state index contributed by atoms with van der Waals surface area (Å²) < 4.78 is 17.2. The van der Waals surface area contributed by atoms with Crippen LogP contribution in [0.1, 0.15) is 45.7 Å². The molecule has 0 saturated heterocycles. The molecule has 146 valence electrons. The van der Waals surface area contributed by atoms with Crippen LogP contribution in [-0.4, -0.2) is 21.4 Å². The molecule has 0 fully saturated rings. The van der Waals surface area contributed by atoms with Gasteiger partial charge in [0, 0.05) is 33.1 Å². The molecule has 0 bridgehead atoms. The first-order valence-corrected chi connectivity index (χ1v) is 10.1. The summed E-state index contributed by atoms with van der Waals surface area (Å²) in [4.78, 5) is 29.2. The molecule has 0 saturated carbocycles. The van der Waals surface area contributed by atoms with Gasteiger partial charge in [0.25, 0.3) is 11.8 Å². The minimum Gasteiger partial charge on any atom is -0.353 e. The maximum Gasteiger partial charge on any atom is 0.259 e. The van der Waals surface area contributed by atoms with Crippen LogP contribution in [0.2, 0.25) is 0 Å². The average Bonchev–Trinajstić information content (AvgIpc) is 3.36. The van der Waals surface area contributed by atoms with E-state index in [9.17, 15) is 14.0 Å². The number of amides is 2. The van der Waals surface area contributed by atoms with Crippen molar-refractivity contribution in [1.82, 2.24) is 14.9 Å². The molecule has 0 spiro atoms. The van der Waals surface area contributed by atoms with Gasteiger partial charge >= 0.3 is 0 Å². The highest BCUT2D eigenvalue weighted by Crippen LogP contribution is 2.47. The summed E-state index contributed by atoms with van der Waals surface area (Å²) in [5.41, 5.74) is 5.18. The molecule has 2 aromatic heterocycles. The second-order valence-electron chi connectivity index (χ2n) is 8.37. The number of imide groups is 1. The zero-order valence-electron chi connectivity index (χ0n) is 16.1. The first-order chi connectivity index (χ1) is 14.6. The Morgan fingerprint density at radius 2 is 1.73 bits per heavy atom. The molecule has 0 aliphatic carbocycles. The van der Waals surface area contributed by atoms with Gasteiger partial charge in [-0.25, -0.2) is 4.39 Å². The van der Waals surface area contributed by atoms with Gasteiger partial charge in [-0.2, -0.15) is 0 Å². The Bertz CT molecular complexity index is 1640. The molecule has 2 amide bonds. The normalized spacial score (nSPS) is 18.1. The summed E-state index contributed by atoms with van der Waals surface area (Å²) in [6, 6.07) is 11.2. The van der Waals surface area contributed by atoms with E-state index in [1.54, 1.807) is 12.1 Å². The molecule has 3 aromatic carbocycles. The summed E-state index contributed by atoms with van der Waals surface area (Å²) in [5, 5.41) is 5.05. The summed E-state index contributed by atoms with van der Waals surface area (Å²) in [5.74, 6) is -1.29. The van der Waals surface area contributed by atoms with Gasteiger partial charge < -0.3 is 9.55 Å². The number of para-hydroxylation sites is 1. The first kappa shape index (κ1) is 16.2. The van der Waals surface area contributed by atoms with Crippen molar-refractivity contribution in [2.24, 2.45) is 0 Å².